The molecule has 4 rings (SSSR count). The van der Waals surface area contributed by atoms with Crippen molar-refractivity contribution in [2.75, 3.05) is 4.90 Å². The van der Waals surface area contributed by atoms with Crippen LogP contribution >= 0.6 is 23.4 Å². The average molecular weight is 424 g/mol. The van der Waals surface area contributed by atoms with E-state index in [1.807, 2.05) is 53.4 Å². The third kappa shape index (κ3) is 4.78. The Labute approximate surface area is 177 Å². The van der Waals surface area contributed by atoms with Gasteiger partial charge in [0.2, 0.25) is 0 Å². The molecular formula is C24H16ClF2NS. The molecule has 0 bridgehead atoms. The Hall–Kier alpha value is -2.82. The molecule has 0 radical (unpaired) electrons. The smallest absolute Gasteiger partial charge is 0.123 e. The lowest BCUT2D eigenvalue weighted by Crippen LogP contribution is -2.09. The average Bonchev–Trinajstić information content (AvgIpc) is 2.72. The Morgan fingerprint density at radius 2 is 1.07 bits per heavy atom. The Morgan fingerprint density at radius 3 is 1.55 bits per heavy atom. The molecule has 0 saturated heterocycles. The number of hydrogen-bond acceptors (Lipinski definition) is 2. The predicted molar refractivity (Wildman–Crippen MR) is 117 cm³/mol. The Morgan fingerprint density at radius 1 is 0.586 bits per heavy atom. The molecule has 0 aliphatic heterocycles. The maximum absolute atomic E-state index is 13.4. The minimum absolute atomic E-state index is 0.305. The van der Waals surface area contributed by atoms with E-state index in [1.165, 1.54) is 24.3 Å². The van der Waals surface area contributed by atoms with Crippen molar-refractivity contribution in [3.8, 4) is 0 Å². The highest BCUT2D eigenvalue weighted by Gasteiger charge is 2.13. The summed E-state index contributed by atoms with van der Waals surface area (Å²) < 4.78 is 26.8. The first-order valence-corrected chi connectivity index (χ1v) is 10.1. The summed E-state index contributed by atoms with van der Waals surface area (Å²) >= 11 is 7.68. The number of nitrogens with zero attached hydrogens (tertiary/aromatic N) is 1. The van der Waals surface area contributed by atoms with E-state index in [9.17, 15) is 8.78 Å². The first kappa shape index (κ1) is 19.5. The van der Waals surface area contributed by atoms with Crippen LogP contribution in [0.5, 0.6) is 0 Å². The van der Waals surface area contributed by atoms with Crippen molar-refractivity contribution in [3.63, 3.8) is 0 Å². The largest absolute Gasteiger partial charge is 0.310 e. The number of benzene rings is 4. The Bertz CT molecular complexity index is 1050. The van der Waals surface area contributed by atoms with Gasteiger partial charge in [0.05, 0.1) is 0 Å². The van der Waals surface area contributed by atoms with Gasteiger partial charge in [-0.15, -0.1) is 0 Å². The lowest BCUT2D eigenvalue weighted by molar-refractivity contribution is 0.628. The zero-order valence-electron chi connectivity index (χ0n) is 15.2. The second-order valence-corrected chi connectivity index (χ2v) is 7.92. The van der Waals surface area contributed by atoms with Crippen LogP contribution in [-0.2, 0) is 0 Å². The van der Waals surface area contributed by atoms with Gasteiger partial charge in [-0.3, -0.25) is 0 Å². The topological polar surface area (TPSA) is 3.24 Å². The molecule has 0 saturated carbocycles. The van der Waals surface area contributed by atoms with E-state index >= 15 is 0 Å². The molecule has 0 aliphatic rings. The third-order valence-corrected chi connectivity index (χ3v) is 5.53. The van der Waals surface area contributed by atoms with Crippen LogP contribution in [0.4, 0.5) is 25.8 Å². The third-order valence-electron chi connectivity index (χ3n) is 4.30. The first-order chi connectivity index (χ1) is 14.1. The lowest BCUT2D eigenvalue weighted by atomic mass is 10.2. The van der Waals surface area contributed by atoms with Crippen molar-refractivity contribution in [2.24, 2.45) is 0 Å². The minimum Gasteiger partial charge on any atom is -0.310 e. The minimum atomic E-state index is -0.305. The van der Waals surface area contributed by atoms with Crippen molar-refractivity contribution in [3.05, 3.63) is 114 Å². The fraction of sp³-hybridized carbons (Fsp3) is 0. The fourth-order valence-corrected chi connectivity index (χ4v) is 4.09. The molecule has 0 fully saturated rings. The molecule has 0 aliphatic carbocycles. The molecule has 0 aromatic heterocycles. The van der Waals surface area contributed by atoms with Gasteiger partial charge >= 0.3 is 0 Å². The van der Waals surface area contributed by atoms with E-state index < -0.39 is 0 Å². The molecule has 0 spiro atoms. The van der Waals surface area contributed by atoms with Gasteiger partial charge in [0, 0.05) is 31.9 Å². The summed E-state index contributed by atoms with van der Waals surface area (Å²) in [6, 6.07) is 28.1. The van der Waals surface area contributed by atoms with Crippen LogP contribution < -0.4 is 4.90 Å². The van der Waals surface area contributed by atoms with Gasteiger partial charge in [-0.05, 0) is 91.0 Å². The van der Waals surface area contributed by atoms with Gasteiger partial charge in [-0.25, -0.2) is 8.78 Å². The van der Waals surface area contributed by atoms with Crippen LogP contribution in [0.1, 0.15) is 0 Å². The van der Waals surface area contributed by atoms with Crippen LogP contribution in [0.2, 0.25) is 5.02 Å². The van der Waals surface area contributed by atoms with Crippen LogP contribution in [0.3, 0.4) is 0 Å². The van der Waals surface area contributed by atoms with E-state index in [1.54, 1.807) is 36.0 Å². The van der Waals surface area contributed by atoms with Gasteiger partial charge in [-0.2, -0.15) is 0 Å². The van der Waals surface area contributed by atoms with Crippen molar-refractivity contribution < 1.29 is 8.78 Å². The molecule has 0 N–H and O–H groups in total. The molecule has 0 heterocycles. The van der Waals surface area contributed by atoms with E-state index in [-0.39, 0.29) is 11.6 Å². The van der Waals surface area contributed by atoms with Crippen LogP contribution in [0, 0.1) is 11.6 Å². The summed E-state index contributed by atoms with van der Waals surface area (Å²) in [6.45, 7) is 0. The molecule has 0 unspecified atom stereocenters. The summed E-state index contributed by atoms with van der Waals surface area (Å²) in [6.07, 6.45) is 0. The first-order valence-electron chi connectivity index (χ1n) is 8.93. The van der Waals surface area contributed by atoms with Crippen molar-refractivity contribution in [1.29, 1.82) is 0 Å². The van der Waals surface area contributed by atoms with Crippen LogP contribution in [-0.4, -0.2) is 0 Å². The van der Waals surface area contributed by atoms with Crippen LogP contribution in [0.15, 0.2) is 107 Å². The highest BCUT2D eigenvalue weighted by atomic mass is 35.5. The van der Waals surface area contributed by atoms with Gasteiger partial charge in [0.15, 0.2) is 0 Å². The number of halogens is 3. The molecule has 0 atom stereocenters. The zero-order valence-corrected chi connectivity index (χ0v) is 16.8. The summed E-state index contributed by atoms with van der Waals surface area (Å²) in [5, 5.41) is 0.699. The van der Waals surface area contributed by atoms with E-state index in [4.69, 9.17) is 11.6 Å². The molecule has 0 amide bonds. The summed E-state index contributed by atoms with van der Waals surface area (Å²) in [7, 11) is 0. The molecule has 144 valence electrons. The van der Waals surface area contributed by atoms with Crippen molar-refractivity contribution in [2.45, 2.75) is 9.79 Å². The van der Waals surface area contributed by atoms with Gasteiger partial charge in [0.25, 0.3) is 0 Å². The van der Waals surface area contributed by atoms with Gasteiger partial charge in [0.1, 0.15) is 11.6 Å². The van der Waals surface area contributed by atoms with E-state index in [0.29, 0.717) is 5.02 Å². The number of anilines is 3. The maximum atomic E-state index is 13.4. The second kappa shape index (κ2) is 8.68. The lowest BCUT2D eigenvalue weighted by Gasteiger charge is -2.25. The predicted octanol–water partition coefficient (Wildman–Crippen LogP) is 8.24. The number of rotatable bonds is 5. The summed E-state index contributed by atoms with van der Waals surface area (Å²) in [5.41, 5.74) is 2.46. The van der Waals surface area contributed by atoms with Gasteiger partial charge in [-0.1, -0.05) is 29.4 Å². The monoisotopic (exact) mass is 423 g/mol. The summed E-state index contributed by atoms with van der Waals surface area (Å²) in [5.74, 6) is -0.609. The molecule has 4 aromatic carbocycles. The normalized spacial score (nSPS) is 10.7. The molecule has 5 heteroatoms. The van der Waals surface area contributed by atoms with E-state index in [2.05, 4.69) is 0 Å². The SMILES string of the molecule is Fc1ccc(N(c2ccc(F)cc2)c2ccc(Sc3cccc(Cl)c3)cc2)cc1. The Balaban J connectivity index is 1.67. The maximum Gasteiger partial charge on any atom is 0.123 e. The molecule has 1 nitrogen and oxygen atoms in total. The van der Waals surface area contributed by atoms with E-state index in [0.717, 1.165) is 26.9 Å². The fourth-order valence-electron chi connectivity index (χ4n) is 2.96. The molecular weight excluding hydrogens is 408 g/mol. The van der Waals surface area contributed by atoms with Crippen molar-refractivity contribution in [1.82, 2.24) is 0 Å². The van der Waals surface area contributed by atoms with Crippen molar-refractivity contribution >= 4 is 40.4 Å². The van der Waals surface area contributed by atoms with Gasteiger partial charge < -0.3 is 4.90 Å². The molecule has 4 aromatic rings. The summed E-state index contributed by atoms with van der Waals surface area (Å²) in [4.78, 5) is 4.07. The van der Waals surface area contributed by atoms with Crippen LogP contribution in [0.25, 0.3) is 0 Å². The standard InChI is InChI=1S/C24H16ClF2NS/c25-17-2-1-3-24(16-17)29-23-14-12-22(13-15-23)28(20-8-4-18(26)5-9-20)21-10-6-19(27)7-11-21/h1-16H. The molecule has 29 heavy (non-hydrogen) atoms. The zero-order chi connectivity index (χ0) is 20.2. The highest BCUT2D eigenvalue weighted by Crippen LogP contribution is 2.36. The highest BCUT2D eigenvalue weighted by molar-refractivity contribution is 7.99. The quantitative estimate of drug-likeness (QED) is 0.318. The number of hydrogen-bond donors (Lipinski definition) is 0. The Kier molecular flexibility index (Phi) is 5.84. The second-order valence-electron chi connectivity index (χ2n) is 6.34.